The van der Waals surface area contributed by atoms with E-state index in [0.717, 1.165) is 23.3 Å². The van der Waals surface area contributed by atoms with Gasteiger partial charge in [0.15, 0.2) is 0 Å². The number of nitrogens with zero attached hydrogens (tertiary/aromatic N) is 4. The Morgan fingerprint density at radius 3 is 2.80 bits per heavy atom. The van der Waals surface area contributed by atoms with Crippen LogP contribution >= 0.6 is 0 Å². The third-order valence-corrected chi connectivity index (χ3v) is 3.66. The van der Waals surface area contributed by atoms with Crippen LogP contribution in [0.1, 0.15) is 24.2 Å². The first-order valence-corrected chi connectivity index (χ1v) is 6.85. The molecule has 1 atom stereocenters. The summed E-state index contributed by atoms with van der Waals surface area (Å²) in [6.07, 6.45) is 3.98. The Bertz CT molecular complexity index is 725. The molecule has 0 aliphatic carbocycles. The Kier molecular flexibility index (Phi) is 3.28. The minimum Gasteiger partial charge on any atom is -0.308 e. The monoisotopic (exact) mass is 269 g/mol. The predicted molar refractivity (Wildman–Crippen MR) is 79.5 cm³/mol. The molecule has 104 valence electrons. The van der Waals surface area contributed by atoms with Crippen molar-refractivity contribution in [3.05, 3.63) is 47.9 Å². The summed E-state index contributed by atoms with van der Waals surface area (Å²) in [6, 6.07) is 8.36. The summed E-state index contributed by atoms with van der Waals surface area (Å²) in [4.78, 5) is 0. The SMILES string of the molecule is CCn1cc(C(NC)c2nn(C)c3ccccc23)cn1. The van der Waals surface area contributed by atoms with Gasteiger partial charge in [-0.15, -0.1) is 0 Å². The van der Waals surface area contributed by atoms with Crippen LogP contribution in [0, 0.1) is 0 Å². The average molecular weight is 269 g/mol. The molecule has 0 fully saturated rings. The molecule has 0 aliphatic rings. The molecule has 0 radical (unpaired) electrons. The fraction of sp³-hybridized carbons (Fsp3) is 0.333. The number of hydrogen-bond acceptors (Lipinski definition) is 3. The van der Waals surface area contributed by atoms with Crippen LogP contribution in [-0.4, -0.2) is 26.6 Å². The van der Waals surface area contributed by atoms with Crippen molar-refractivity contribution in [3.8, 4) is 0 Å². The van der Waals surface area contributed by atoms with Crippen molar-refractivity contribution < 1.29 is 0 Å². The van der Waals surface area contributed by atoms with E-state index in [0.29, 0.717) is 0 Å². The smallest absolute Gasteiger partial charge is 0.0919 e. The van der Waals surface area contributed by atoms with Gasteiger partial charge in [-0.3, -0.25) is 9.36 Å². The van der Waals surface area contributed by atoms with E-state index < -0.39 is 0 Å². The van der Waals surface area contributed by atoms with Crippen LogP contribution in [0.4, 0.5) is 0 Å². The van der Waals surface area contributed by atoms with Gasteiger partial charge in [-0.05, 0) is 20.0 Å². The highest BCUT2D eigenvalue weighted by Gasteiger charge is 2.20. The molecule has 0 amide bonds. The van der Waals surface area contributed by atoms with Gasteiger partial charge < -0.3 is 5.32 Å². The Balaban J connectivity index is 2.11. The van der Waals surface area contributed by atoms with Gasteiger partial charge in [-0.1, -0.05) is 18.2 Å². The molecular weight excluding hydrogens is 250 g/mol. The second-order valence-corrected chi connectivity index (χ2v) is 4.88. The van der Waals surface area contributed by atoms with Crippen LogP contribution < -0.4 is 5.32 Å². The molecule has 0 aliphatic heterocycles. The maximum atomic E-state index is 4.69. The third kappa shape index (κ3) is 2.00. The fourth-order valence-corrected chi connectivity index (χ4v) is 2.62. The summed E-state index contributed by atoms with van der Waals surface area (Å²) in [5.74, 6) is 0. The summed E-state index contributed by atoms with van der Waals surface area (Å²) < 4.78 is 3.87. The van der Waals surface area contributed by atoms with E-state index >= 15 is 0 Å². The molecule has 3 rings (SSSR count). The fourth-order valence-electron chi connectivity index (χ4n) is 2.62. The Labute approximate surface area is 118 Å². The van der Waals surface area contributed by atoms with Gasteiger partial charge in [0.05, 0.1) is 23.4 Å². The lowest BCUT2D eigenvalue weighted by molar-refractivity contribution is 0.639. The van der Waals surface area contributed by atoms with Gasteiger partial charge in [0.1, 0.15) is 0 Å². The van der Waals surface area contributed by atoms with E-state index in [1.165, 1.54) is 5.39 Å². The van der Waals surface area contributed by atoms with Crippen molar-refractivity contribution >= 4 is 10.9 Å². The summed E-state index contributed by atoms with van der Waals surface area (Å²) in [5, 5.41) is 13.6. The molecule has 20 heavy (non-hydrogen) atoms. The summed E-state index contributed by atoms with van der Waals surface area (Å²) in [6.45, 7) is 2.96. The molecule has 2 heterocycles. The second-order valence-electron chi connectivity index (χ2n) is 4.88. The molecule has 1 N–H and O–H groups in total. The van der Waals surface area contributed by atoms with E-state index in [-0.39, 0.29) is 6.04 Å². The molecule has 0 saturated heterocycles. The van der Waals surface area contributed by atoms with Crippen LogP contribution in [0.5, 0.6) is 0 Å². The van der Waals surface area contributed by atoms with Crippen molar-refractivity contribution in [1.29, 1.82) is 0 Å². The summed E-state index contributed by atoms with van der Waals surface area (Å²) in [5.41, 5.74) is 3.32. The van der Waals surface area contributed by atoms with Crippen molar-refractivity contribution in [2.45, 2.75) is 19.5 Å². The zero-order valence-electron chi connectivity index (χ0n) is 12.0. The maximum absolute atomic E-state index is 4.69. The van der Waals surface area contributed by atoms with Crippen LogP contribution in [0.3, 0.4) is 0 Å². The van der Waals surface area contributed by atoms with E-state index in [1.807, 2.05) is 35.7 Å². The number of aromatic nitrogens is 4. The van der Waals surface area contributed by atoms with Gasteiger partial charge in [0, 0.05) is 30.7 Å². The Hall–Kier alpha value is -2.14. The van der Waals surface area contributed by atoms with Gasteiger partial charge >= 0.3 is 0 Å². The third-order valence-electron chi connectivity index (χ3n) is 3.66. The molecule has 1 aromatic carbocycles. The van der Waals surface area contributed by atoms with E-state index in [2.05, 4.69) is 46.8 Å². The van der Waals surface area contributed by atoms with Crippen molar-refractivity contribution in [1.82, 2.24) is 24.9 Å². The maximum Gasteiger partial charge on any atom is 0.0919 e. The molecule has 2 aromatic heterocycles. The highest BCUT2D eigenvalue weighted by atomic mass is 15.3. The number of hydrogen-bond donors (Lipinski definition) is 1. The molecule has 0 saturated carbocycles. The van der Waals surface area contributed by atoms with Gasteiger partial charge in [0.2, 0.25) is 0 Å². The first-order chi connectivity index (χ1) is 9.74. The van der Waals surface area contributed by atoms with Crippen LogP contribution in [-0.2, 0) is 13.6 Å². The summed E-state index contributed by atoms with van der Waals surface area (Å²) in [7, 11) is 3.94. The molecule has 5 heteroatoms. The second kappa shape index (κ2) is 5.09. The molecule has 3 aromatic rings. The molecule has 0 spiro atoms. The minimum absolute atomic E-state index is 0.0569. The van der Waals surface area contributed by atoms with Crippen molar-refractivity contribution in [2.24, 2.45) is 7.05 Å². The topological polar surface area (TPSA) is 47.7 Å². The van der Waals surface area contributed by atoms with Crippen molar-refractivity contribution in [2.75, 3.05) is 7.05 Å². The minimum atomic E-state index is 0.0569. The zero-order chi connectivity index (χ0) is 14.1. The quantitative estimate of drug-likeness (QED) is 0.789. The van der Waals surface area contributed by atoms with E-state index in [4.69, 9.17) is 0 Å². The van der Waals surface area contributed by atoms with E-state index in [1.54, 1.807) is 0 Å². The zero-order valence-corrected chi connectivity index (χ0v) is 12.0. The largest absolute Gasteiger partial charge is 0.308 e. The van der Waals surface area contributed by atoms with E-state index in [9.17, 15) is 0 Å². The molecule has 0 bridgehead atoms. The van der Waals surface area contributed by atoms with Gasteiger partial charge in [-0.25, -0.2) is 0 Å². The number of nitrogens with one attached hydrogen (secondary N) is 1. The number of fused-ring (bicyclic) bond motifs is 1. The predicted octanol–water partition coefficient (Wildman–Crippen LogP) is 2.10. The molecule has 5 nitrogen and oxygen atoms in total. The van der Waals surface area contributed by atoms with Crippen LogP contribution in [0.25, 0.3) is 10.9 Å². The Morgan fingerprint density at radius 2 is 2.10 bits per heavy atom. The number of rotatable bonds is 4. The number of para-hydroxylation sites is 1. The van der Waals surface area contributed by atoms with Crippen LogP contribution in [0.2, 0.25) is 0 Å². The number of benzene rings is 1. The van der Waals surface area contributed by atoms with Crippen LogP contribution in [0.15, 0.2) is 36.7 Å². The highest BCUT2D eigenvalue weighted by molar-refractivity contribution is 5.82. The van der Waals surface area contributed by atoms with Gasteiger partial charge in [0.25, 0.3) is 0 Å². The highest BCUT2D eigenvalue weighted by Crippen LogP contribution is 2.27. The lowest BCUT2D eigenvalue weighted by Crippen LogP contribution is -2.18. The molecule has 1 unspecified atom stereocenters. The normalized spacial score (nSPS) is 12.9. The number of aryl methyl sites for hydroxylation is 2. The first kappa shape index (κ1) is 12.9. The molecular formula is C15H19N5. The van der Waals surface area contributed by atoms with Gasteiger partial charge in [-0.2, -0.15) is 10.2 Å². The lowest BCUT2D eigenvalue weighted by atomic mass is 10.0. The standard InChI is InChI=1S/C15H19N5/c1-4-20-10-11(9-17-20)14(16-2)15-12-7-5-6-8-13(12)19(3)18-15/h5-10,14,16H,4H2,1-3H3. The average Bonchev–Trinajstić information content (AvgIpc) is 3.07. The lowest BCUT2D eigenvalue weighted by Gasteiger charge is -2.12. The van der Waals surface area contributed by atoms with Crippen molar-refractivity contribution in [3.63, 3.8) is 0 Å². The Morgan fingerprint density at radius 1 is 1.30 bits per heavy atom. The first-order valence-electron chi connectivity index (χ1n) is 6.85. The summed E-state index contributed by atoms with van der Waals surface area (Å²) >= 11 is 0.